The molecule has 0 fully saturated rings. The Morgan fingerprint density at radius 3 is 2.68 bits per heavy atom. The van der Waals surface area contributed by atoms with Crippen molar-refractivity contribution in [2.75, 3.05) is 12.5 Å². The molecule has 12 heteroatoms. The molecule has 0 radical (unpaired) electrons. The molecule has 34 heavy (non-hydrogen) atoms. The van der Waals surface area contributed by atoms with Gasteiger partial charge in [-0.1, -0.05) is 18.2 Å². The zero-order valence-electron chi connectivity index (χ0n) is 17.7. The van der Waals surface area contributed by atoms with Gasteiger partial charge in [-0.3, -0.25) is 25.7 Å². The fraction of sp³-hybridized carbons (Fsp3) is 0.0909. The number of non-ortho nitro benzene ring substituents is 1. The van der Waals surface area contributed by atoms with E-state index in [4.69, 9.17) is 4.42 Å². The Hall–Kier alpha value is -5.00. The summed E-state index contributed by atoms with van der Waals surface area (Å²) in [6.45, 7) is 0.340. The van der Waals surface area contributed by atoms with Crippen molar-refractivity contribution in [1.82, 2.24) is 4.57 Å². The van der Waals surface area contributed by atoms with Gasteiger partial charge in [0.1, 0.15) is 11.4 Å². The highest BCUT2D eigenvalue weighted by atomic mass is 16.6. The standard InChI is InChI=1S/C22H17N5O7/c1-33-22(28)21-9-7-16(34-21)13-25-12-14(17-4-2-3-5-19(17)25)11-23-24-18-8-6-15(26(29)30)10-20(18)27(31)32/h2-12,24H,13H2,1H3/b23-11-. The minimum absolute atomic E-state index is 0.0153. The molecule has 2 aromatic carbocycles. The molecular weight excluding hydrogens is 446 g/mol. The number of esters is 1. The monoisotopic (exact) mass is 463 g/mol. The number of benzene rings is 2. The quantitative estimate of drug-likeness (QED) is 0.175. The molecule has 4 rings (SSSR count). The summed E-state index contributed by atoms with van der Waals surface area (Å²) in [4.78, 5) is 32.4. The largest absolute Gasteiger partial charge is 0.463 e. The van der Waals surface area contributed by atoms with Crippen LogP contribution in [0.4, 0.5) is 17.1 Å². The van der Waals surface area contributed by atoms with Crippen LogP contribution in [0.3, 0.4) is 0 Å². The van der Waals surface area contributed by atoms with Crippen LogP contribution >= 0.6 is 0 Å². The summed E-state index contributed by atoms with van der Waals surface area (Å²) in [6.07, 6.45) is 3.31. The third-order valence-electron chi connectivity index (χ3n) is 4.97. The first-order valence-corrected chi connectivity index (χ1v) is 9.84. The van der Waals surface area contributed by atoms with Crippen molar-refractivity contribution >= 4 is 40.1 Å². The first-order chi connectivity index (χ1) is 16.4. The third kappa shape index (κ3) is 4.46. The summed E-state index contributed by atoms with van der Waals surface area (Å²) in [6, 6.07) is 14.0. The number of carbonyl (C=O) groups excluding carboxylic acids is 1. The second-order valence-corrected chi connectivity index (χ2v) is 7.07. The van der Waals surface area contributed by atoms with E-state index < -0.39 is 27.2 Å². The van der Waals surface area contributed by atoms with E-state index in [9.17, 15) is 25.0 Å². The number of nitrogens with one attached hydrogen (secondary N) is 1. The summed E-state index contributed by atoms with van der Waals surface area (Å²) in [5, 5.41) is 27.1. The van der Waals surface area contributed by atoms with Gasteiger partial charge in [0, 0.05) is 28.7 Å². The molecular formula is C22H17N5O7. The summed E-state index contributed by atoms with van der Waals surface area (Å²) >= 11 is 0. The van der Waals surface area contributed by atoms with Crippen molar-refractivity contribution in [3.63, 3.8) is 0 Å². The number of furan rings is 1. The molecule has 2 heterocycles. The van der Waals surface area contributed by atoms with Crippen LogP contribution in [0.25, 0.3) is 10.9 Å². The highest BCUT2D eigenvalue weighted by Crippen LogP contribution is 2.29. The van der Waals surface area contributed by atoms with Crippen LogP contribution in [-0.4, -0.2) is 33.7 Å². The molecule has 0 saturated carbocycles. The van der Waals surface area contributed by atoms with Gasteiger partial charge in [0.15, 0.2) is 0 Å². The van der Waals surface area contributed by atoms with Crippen molar-refractivity contribution in [2.24, 2.45) is 5.10 Å². The van der Waals surface area contributed by atoms with Crippen molar-refractivity contribution in [1.29, 1.82) is 0 Å². The topological polar surface area (TPSA) is 155 Å². The van der Waals surface area contributed by atoms with E-state index in [1.54, 1.807) is 6.07 Å². The number of anilines is 1. The van der Waals surface area contributed by atoms with Crippen molar-refractivity contribution in [3.8, 4) is 0 Å². The van der Waals surface area contributed by atoms with E-state index in [2.05, 4.69) is 15.3 Å². The highest BCUT2D eigenvalue weighted by Gasteiger charge is 2.19. The smallest absolute Gasteiger partial charge is 0.373 e. The lowest BCUT2D eigenvalue weighted by Gasteiger charge is -2.02. The molecule has 1 N–H and O–H groups in total. The maximum Gasteiger partial charge on any atom is 0.373 e. The molecule has 4 aromatic rings. The Bertz CT molecular complexity index is 1440. The molecule has 0 amide bonds. The number of fused-ring (bicyclic) bond motifs is 1. The number of methoxy groups -OCH3 is 1. The second-order valence-electron chi connectivity index (χ2n) is 7.07. The van der Waals surface area contributed by atoms with Crippen LogP contribution in [0.2, 0.25) is 0 Å². The summed E-state index contributed by atoms with van der Waals surface area (Å²) < 4.78 is 12.1. The molecule has 0 aliphatic carbocycles. The van der Waals surface area contributed by atoms with E-state index in [0.29, 0.717) is 17.9 Å². The number of aromatic nitrogens is 1. The predicted molar refractivity (Wildman–Crippen MR) is 122 cm³/mol. The zero-order valence-corrected chi connectivity index (χ0v) is 17.7. The van der Waals surface area contributed by atoms with Crippen molar-refractivity contribution in [3.05, 3.63) is 98.1 Å². The van der Waals surface area contributed by atoms with Crippen LogP contribution in [0.1, 0.15) is 21.9 Å². The number of hydrazone groups is 1. The van der Waals surface area contributed by atoms with E-state index in [1.165, 1.54) is 25.5 Å². The number of para-hydroxylation sites is 1. The van der Waals surface area contributed by atoms with Crippen LogP contribution in [0, 0.1) is 20.2 Å². The molecule has 0 bridgehead atoms. The Balaban J connectivity index is 1.60. The molecule has 172 valence electrons. The average Bonchev–Trinajstić information content (AvgIpc) is 3.44. The number of nitro groups is 2. The number of hydrogen-bond donors (Lipinski definition) is 1. The number of ether oxygens (including phenoxy) is 1. The van der Waals surface area contributed by atoms with Gasteiger partial charge >= 0.3 is 11.7 Å². The minimum Gasteiger partial charge on any atom is -0.463 e. The summed E-state index contributed by atoms with van der Waals surface area (Å²) in [5.74, 6) is 0.0803. The van der Waals surface area contributed by atoms with Crippen LogP contribution in [-0.2, 0) is 11.3 Å². The van der Waals surface area contributed by atoms with Crippen LogP contribution in [0.5, 0.6) is 0 Å². The average molecular weight is 463 g/mol. The molecule has 0 atom stereocenters. The predicted octanol–water partition coefficient (Wildman–Crippen LogP) is 4.33. The van der Waals surface area contributed by atoms with E-state index in [0.717, 1.165) is 23.0 Å². The first kappa shape index (κ1) is 22.2. The van der Waals surface area contributed by atoms with Gasteiger partial charge in [0.2, 0.25) is 5.76 Å². The SMILES string of the molecule is COC(=O)c1ccc(Cn2cc(/C=N\Nc3ccc([N+](=O)[O-])cc3[N+](=O)[O-])c3ccccc32)o1. The number of hydrogen-bond acceptors (Lipinski definition) is 9. The lowest BCUT2D eigenvalue weighted by molar-refractivity contribution is -0.393. The maximum absolute atomic E-state index is 11.6. The lowest BCUT2D eigenvalue weighted by Crippen LogP contribution is -1.99. The van der Waals surface area contributed by atoms with Crippen LogP contribution in [0.15, 0.2) is 70.3 Å². The van der Waals surface area contributed by atoms with Gasteiger partial charge in [-0.25, -0.2) is 4.79 Å². The van der Waals surface area contributed by atoms with Gasteiger partial charge in [0.25, 0.3) is 5.69 Å². The molecule has 0 aliphatic rings. The fourth-order valence-corrected chi connectivity index (χ4v) is 3.40. The van der Waals surface area contributed by atoms with Gasteiger partial charge in [-0.15, -0.1) is 0 Å². The van der Waals surface area contributed by atoms with Crippen molar-refractivity contribution < 1.29 is 23.8 Å². The van der Waals surface area contributed by atoms with Crippen molar-refractivity contribution in [2.45, 2.75) is 6.54 Å². The first-order valence-electron chi connectivity index (χ1n) is 9.84. The van der Waals surface area contributed by atoms with Gasteiger partial charge in [-0.2, -0.15) is 5.10 Å². The van der Waals surface area contributed by atoms with E-state index in [-0.39, 0.29) is 11.4 Å². The summed E-state index contributed by atoms with van der Waals surface area (Å²) in [7, 11) is 1.27. The summed E-state index contributed by atoms with van der Waals surface area (Å²) in [5.41, 5.74) is 3.33. The normalized spacial score (nSPS) is 11.1. The minimum atomic E-state index is -0.720. The molecule has 0 saturated heterocycles. The second kappa shape index (κ2) is 9.24. The third-order valence-corrected chi connectivity index (χ3v) is 4.97. The molecule has 12 nitrogen and oxygen atoms in total. The fourth-order valence-electron chi connectivity index (χ4n) is 3.40. The number of carbonyl (C=O) groups is 1. The maximum atomic E-state index is 11.6. The van der Waals surface area contributed by atoms with E-state index >= 15 is 0 Å². The highest BCUT2D eigenvalue weighted by molar-refractivity contribution is 5.99. The Morgan fingerprint density at radius 2 is 1.94 bits per heavy atom. The zero-order chi connectivity index (χ0) is 24.2. The van der Waals surface area contributed by atoms with E-state index in [1.807, 2.05) is 35.0 Å². The van der Waals surface area contributed by atoms with Gasteiger partial charge < -0.3 is 13.7 Å². The van der Waals surface area contributed by atoms with Gasteiger partial charge in [-0.05, 0) is 24.3 Å². The van der Waals surface area contributed by atoms with Gasteiger partial charge in [0.05, 0.1) is 35.8 Å². The Kier molecular flexibility index (Phi) is 6.03. The molecule has 2 aromatic heterocycles. The molecule has 0 spiro atoms. The molecule has 0 aliphatic heterocycles. The Labute approximate surface area is 191 Å². The number of rotatable bonds is 8. The number of nitro benzene ring substituents is 2. The lowest BCUT2D eigenvalue weighted by atomic mass is 10.2. The van der Waals surface area contributed by atoms with Crippen LogP contribution < -0.4 is 5.43 Å². The Morgan fingerprint density at radius 1 is 1.15 bits per heavy atom. The number of nitrogens with zero attached hydrogens (tertiary/aromatic N) is 4. The molecule has 0 unspecified atom stereocenters.